The van der Waals surface area contributed by atoms with Gasteiger partial charge in [0.2, 0.25) is 0 Å². The monoisotopic (exact) mass is 428 g/mol. The van der Waals surface area contributed by atoms with Gasteiger partial charge in [0.1, 0.15) is 0 Å². The van der Waals surface area contributed by atoms with E-state index in [1.54, 1.807) is 4.90 Å². The van der Waals surface area contributed by atoms with Gasteiger partial charge >= 0.3 is 0 Å². The zero-order valence-corrected chi connectivity index (χ0v) is 17.7. The molecule has 0 atom stereocenters. The van der Waals surface area contributed by atoms with Gasteiger partial charge in [-0.2, -0.15) is 0 Å². The SMILES string of the molecule is [2H]c1c([2H])c([2H])c2c(N(c3ccccc3)c3cccc(-c4ccc5ccccc5c4)c3)c([2H])c([2H])c([2H])c2c1[2H]. The molecule has 0 heterocycles. The summed E-state index contributed by atoms with van der Waals surface area (Å²) >= 11 is 0. The highest BCUT2D eigenvalue weighted by molar-refractivity contribution is 5.99. The van der Waals surface area contributed by atoms with Crippen molar-refractivity contribution in [3.05, 3.63) is 139 Å². The first-order chi connectivity index (χ1) is 19.3. The molecule has 0 spiro atoms. The summed E-state index contributed by atoms with van der Waals surface area (Å²) in [6.45, 7) is 0. The lowest BCUT2D eigenvalue weighted by atomic mass is 10.00. The third kappa shape index (κ3) is 3.64. The molecule has 33 heavy (non-hydrogen) atoms. The molecule has 6 rings (SSSR count). The molecule has 6 aromatic rings. The highest BCUT2D eigenvalue weighted by atomic mass is 15.1. The average Bonchev–Trinajstić information content (AvgIpc) is 2.99. The van der Waals surface area contributed by atoms with Crippen LogP contribution in [0.2, 0.25) is 0 Å². The number of rotatable bonds is 4. The largest absolute Gasteiger partial charge is 0.310 e. The molecule has 156 valence electrons. The zero-order valence-electron chi connectivity index (χ0n) is 24.7. The molecule has 0 amide bonds. The van der Waals surface area contributed by atoms with E-state index in [-0.39, 0.29) is 28.5 Å². The zero-order chi connectivity index (χ0) is 28.1. The maximum Gasteiger partial charge on any atom is 0.0645 e. The molecule has 6 aromatic carbocycles. The van der Waals surface area contributed by atoms with Gasteiger partial charge in [0.15, 0.2) is 0 Å². The summed E-state index contributed by atoms with van der Waals surface area (Å²) in [6.07, 6.45) is 0. The third-order valence-corrected chi connectivity index (χ3v) is 5.72. The van der Waals surface area contributed by atoms with Crippen LogP contribution in [0, 0.1) is 0 Å². The maximum atomic E-state index is 8.94. The standard InChI is InChI=1S/C32H23N/c1-2-15-29(16-3-1)33(32-19-9-13-25-11-6-7-18-31(25)32)30-17-8-14-27(23-30)28-21-20-24-10-4-5-12-26(24)22-28/h1-23H/i6D,7D,9D,11D,13D,18D,19D. The van der Waals surface area contributed by atoms with Crippen molar-refractivity contribution < 1.29 is 9.60 Å². The molecule has 0 bridgehead atoms. The van der Waals surface area contributed by atoms with E-state index < -0.39 is 30.2 Å². The summed E-state index contributed by atoms with van der Waals surface area (Å²) < 4.78 is 59.8. The Hall–Kier alpha value is -4.36. The Morgan fingerprint density at radius 2 is 1.21 bits per heavy atom. The second-order valence-corrected chi connectivity index (χ2v) is 7.76. The van der Waals surface area contributed by atoms with Crippen molar-refractivity contribution in [2.75, 3.05) is 4.90 Å². The smallest absolute Gasteiger partial charge is 0.0645 e. The first-order valence-electron chi connectivity index (χ1n) is 14.2. The number of benzene rings is 6. The summed E-state index contributed by atoms with van der Waals surface area (Å²) in [4.78, 5) is 1.74. The minimum Gasteiger partial charge on any atom is -0.310 e. The van der Waals surface area contributed by atoms with Gasteiger partial charge in [0.05, 0.1) is 15.3 Å². The minimum absolute atomic E-state index is 0.0389. The van der Waals surface area contributed by atoms with E-state index in [0.717, 1.165) is 21.9 Å². The summed E-state index contributed by atoms with van der Waals surface area (Å²) in [7, 11) is 0. The molecule has 0 fully saturated rings. The van der Waals surface area contributed by atoms with E-state index in [4.69, 9.17) is 9.60 Å². The molecule has 0 unspecified atom stereocenters. The molecule has 1 heteroatoms. The predicted octanol–water partition coefficient (Wildman–Crippen LogP) is 9.13. The number of hydrogen-bond donors (Lipinski definition) is 0. The fraction of sp³-hybridized carbons (Fsp3) is 0. The van der Waals surface area contributed by atoms with Gasteiger partial charge in [0, 0.05) is 16.8 Å². The molecule has 0 saturated carbocycles. The third-order valence-electron chi connectivity index (χ3n) is 5.72. The Bertz CT molecular complexity index is 1930. The predicted molar refractivity (Wildman–Crippen MR) is 142 cm³/mol. The highest BCUT2D eigenvalue weighted by Gasteiger charge is 2.15. The first kappa shape index (κ1) is 13.2. The maximum absolute atomic E-state index is 8.94. The van der Waals surface area contributed by atoms with E-state index in [2.05, 4.69) is 24.3 Å². The first-order valence-corrected chi connectivity index (χ1v) is 10.7. The molecule has 0 radical (unpaired) electrons. The second-order valence-electron chi connectivity index (χ2n) is 7.76. The van der Waals surface area contributed by atoms with Gasteiger partial charge in [-0.05, 0) is 63.7 Å². The van der Waals surface area contributed by atoms with Crippen molar-refractivity contribution in [3.63, 3.8) is 0 Å². The van der Waals surface area contributed by atoms with Crippen LogP contribution in [-0.4, -0.2) is 0 Å². The van der Waals surface area contributed by atoms with Gasteiger partial charge in [-0.3, -0.25) is 0 Å². The molecule has 0 aromatic heterocycles. The number of hydrogen-bond acceptors (Lipinski definition) is 1. The van der Waals surface area contributed by atoms with Crippen LogP contribution in [0.3, 0.4) is 0 Å². The summed E-state index contributed by atoms with van der Waals surface area (Å²) in [5, 5.41) is 2.20. The molecular weight excluding hydrogens is 398 g/mol. The van der Waals surface area contributed by atoms with Crippen LogP contribution in [0.4, 0.5) is 17.1 Å². The van der Waals surface area contributed by atoms with Crippen LogP contribution in [0.5, 0.6) is 0 Å². The van der Waals surface area contributed by atoms with Gasteiger partial charge in [-0.25, -0.2) is 0 Å². The van der Waals surface area contributed by atoms with Crippen LogP contribution in [0.1, 0.15) is 9.60 Å². The minimum atomic E-state index is -0.473. The van der Waals surface area contributed by atoms with Crippen molar-refractivity contribution in [2.24, 2.45) is 0 Å². The lowest BCUT2D eigenvalue weighted by molar-refractivity contribution is 1.30. The van der Waals surface area contributed by atoms with Crippen LogP contribution < -0.4 is 4.90 Å². The summed E-state index contributed by atoms with van der Waals surface area (Å²) in [5.41, 5.74) is 3.35. The van der Waals surface area contributed by atoms with Crippen molar-refractivity contribution in [2.45, 2.75) is 0 Å². The highest BCUT2D eigenvalue weighted by Crippen LogP contribution is 2.40. The average molecular weight is 429 g/mol. The van der Waals surface area contributed by atoms with Crippen LogP contribution in [-0.2, 0) is 0 Å². The molecule has 0 aliphatic rings. The Balaban J connectivity index is 1.67. The normalized spacial score (nSPS) is 14.0. The molecular formula is C32H23N. The van der Waals surface area contributed by atoms with E-state index in [1.807, 2.05) is 72.8 Å². The van der Waals surface area contributed by atoms with E-state index in [1.165, 1.54) is 0 Å². The second kappa shape index (κ2) is 8.29. The Labute approximate surface area is 204 Å². The number of anilines is 3. The Morgan fingerprint density at radius 1 is 0.485 bits per heavy atom. The van der Waals surface area contributed by atoms with E-state index in [9.17, 15) is 0 Å². The van der Waals surface area contributed by atoms with Crippen molar-refractivity contribution in [1.82, 2.24) is 0 Å². The van der Waals surface area contributed by atoms with E-state index >= 15 is 0 Å². The number of nitrogens with zero attached hydrogens (tertiary/aromatic N) is 1. The topological polar surface area (TPSA) is 3.24 Å². The van der Waals surface area contributed by atoms with Crippen molar-refractivity contribution >= 4 is 38.6 Å². The lowest BCUT2D eigenvalue weighted by Gasteiger charge is -2.27. The van der Waals surface area contributed by atoms with Crippen LogP contribution >= 0.6 is 0 Å². The quantitative estimate of drug-likeness (QED) is 0.270. The fourth-order valence-corrected chi connectivity index (χ4v) is 4.14. The molecule has 0 saturated heterocycles. The lowest BCUT2D eigenvalue weighted by Crippen LogP contribution is -2.10. The molecule has 1 nitrogen and oxygen atoms in total. The van der Waals surface area contributed by atoms with Gasteiger partial charge in [0.25, 0.3) is 0 Å². The Morgan fingerprint density at radius 3 is 2.12 bits per heavy atom. The molecule has 0 aliphatic heterocycles. The fourth-order valence-electron chi connectivity index (χ4n) is 4.14. The molecule has 0 aliphatic carbocycles. The van der Waals surface area contributed by atoms with Crippen molar-refractivity contribution in [1.29, 1.82) is 0 Å². The number of para-hydroxylation sites is 1. The van der Waals surface area contributed by atoms with E-state index in [0.29, 0.717) is 11.4 Å². The van der Waals surface area contributed by atoms with Crippen LogP contribution in [0.15, 0.2) is 139 Å². The van der Waals surface area contributed by atoms with Gasteiger partial charge in [-0.15, -0.1) is 0 Å². The van der Waals surface area contributed by atoms with Crippen LogP contribution in [0.25, 0.3) is 32.7 Å². The summed E-state index contributed by atoms with van der Waals surface area (Å²) in [6, 6.07) is 28.6. The van der Waals surface area contributed by atoms with Gasteiger partial charge < -0.3 is 4.90 Å². The summed E-state index contributed by atoms with van der Waals surface area (Å²) in [5.74, 6) is 0. The molecule has 0 N–H and O–H groups in total. The van der Waals surface area contributed by atoms with Gasteiger partial charge in [-0.1, -0.05) is 103 Å². The number of fused-ring (bicyclic) bond motifs is 2. The van der Waals surface area contributed by atoms with Crippen molar-refractivity contribution in [3.8, 4) is 11.1 Å². The Kier molecular flexibility index (Phi) is 3.33.